The van der Waals surface area contributed by atoms with Crippen molar-refractivity contribution in [2.75, 3.05) is 37.5 Å². The molecule has 0 amide bonds. The summed E-state index contributed by atoms with van der Waals surface area (Å²) < 4.78 is 5.51. The van der Waals surface area contributed by atoms with Crippen molar-refractivity contribution < 1.29 is 4.74 Å². The SMILES string of the molecule is CN(C)c1nc(NC2CCCOCC2)nc2ccccc12. The fraction of sp³-hybridized carbons (Fsp3) is 0.500. The molecule has 5 nitrogen and oxygen atoms in total. The number of aromatic nitrogens is 2. The van der Waals surface area contributed by atoms with Gasteiger partial charge in [0.25, 0.3) is 0 Å². The molecule has 1 aromatic heterocycles. The lowest BCUT2D eigenvalue weighted by Gasteiger charge is -2.19. The molecule has 1 saturated heterocycles. The van der Waals surface area contributed by atoms with Gasteiger partial charge in [0.05, 0.1) is 5.52 Å². The van der Waals surface area contributed by atoms with E-state index < -0.39 is 0 Å². The minimum atomic E-state index is 0.392. The summed E-state index contributed by atoms with van der Waals surface area (Å²) >= 11 is 0. The van der Waals surface area contributed by atoms with Gasteiger partial charge < -0.3 is 15.0 Å². The van der Waals surface area contributed by atoms with Gasteiger partial charge in [-0.1, -0.05) is 12.1 Å². The molecule has 0 spiro atoms. The molecule has 5 heteroatoms. The van der Waals surface area contributed by atoms with E-state index in [9.17, 15) is 0 Å². The summed E-state index contributed by atoms with van der Waals surface area (Å²) in [6.07, 6.45) is 3.20. The van der Waals surface area contributed by atoms with Gasteiger partial charge in [0, 0.05) is 38.7 Å². The van der Waals surface area contributed by atoms with Crippen LogP contribution in [0.1, 0.15) is 19.3 Å². The van der Waals surface area contributed by atoms with E-state index in [1.165, 1.54) is 0 Å². The van der Waals surface area contributed by atoms with Gasteiger partial charge in [0.2, 0.25) is 5.95 Å². The van der Waals surface area contributed by atoms with Crippen LogP contribution in [0.3, 0.4) is 0 Å². The van der Waals surface area contributed by atoms with Crippen molar-refractivity contribution in [3.8, 4) is 0 Å². The monoisotopic (exact) mass is 286 g/mol. The lowest BCUT2D eigenvalue weighted by molar-refractivity contribution is 0.144. The second-order valence-corrected chi connectivity index (χ2v) is 5.67. The highest BCUT2D eigenvalue weighted by molar-refractivity contribution is 5.90. The topological polar surface area (TPSA) is 50.3 Å². The predicted molar refractivity (Wildman–Crippen MR) is 85.9 cm³/mol. The molecule has 0 aliphatic carbocycles. The molecule has 1 aliphatic heterocycles. The van der Waals surface area contributed by atoms with Crippen LogP contribution in [0.4, 0.5) is 11.8 Å². The third-order valence-corrected chi connectivity index (χ3v) is 3.79. The minimum absolute atomic E-state index is 0.392. The molecule has 2 heterocycles. The number of nitrogens with one attached hydrogen (secondary N) is 1. The van der Waals surface area contributed by atoms with Crippen LogP contribution in [0.15, 0.2) is 24.3 Å². The van der Waals surface area contributed by atoms with Crippen LogP contribution in [0, 0.1) is 0 Å². The molecule has 21 heavy (non-hydrogen) atoms. The molecule has 112 valence electrons. The fourth-order valence-electron chi connectivity index (χ4n) is 2.70. The Labute approximate surface area is 125 Å². The Hall–Kier alpha value is -1.88. The van der Waals surface area contributed by atoms with Crippen LogP contribution in [-0.4, -0.2) is 43.3 Å². The molecule has 2 aromatic rings. The number of para-hydroxylation sites is 1. The molecule has 1 atom stereocenters. The van der Waals surface area contributed by atoms with E-state index in [0.717, 1.165) is 49.2 Å². The maximum Gasteiger partial charge on any atom is 0.225 e. The largest absolute Gasteiger partial charge is 0.381 e. The quantitative estimate of drug-likeness (QED) is 0.940. The van der Waals surface area contributed by atoms with E-state index >= 15 is 0 Å². The zero-order chi connectivity index (χ0) is 14.7. The van der Waals surface area contributed by atoms with E-state index in [1.54, 1.807) is 0 Å². The van der Waals surface area contributed by atoms with Crippen molar-refractivity contribution in [2.24, 2.45) is 0 Å². The van der Waals surface area contributed by atoms with Crippen LogP contribution in [0.2, 0.25) is 0 Å². The number of benzene rings is 1. The average molecular weight is 286 g/mol. The van der Waals surface area contributed by atoms with Crippen LogP contribution in [0.5, 0.6) is 0 Å². The Bertz CT molecular complexity index is 606. The Kier molecular flexibility index (Phi) is 4.20. The first-order chi connectivity index (χ1) is 10.2. The summed E-state index contributed by atoms with van der Waals surface area (Å²) in [6.45, 7) is 1.67. The Morgan fingerprint density at radius 2 is 2.00 bits per heavy atom. The highest BCUT2D eigenvalue weighted by Gasteiger charge is 2.15. The van der Waals surface area contributed by atoms with Gasteiger partial charge in [-0.25, -0.2) is 4.98 Å². The number of nitrogens with zero attached hydrogens (tertiary/aromatic N) is 3. The van der Waals surface area contributed by atoms with E-state index in [1.807, 2.05) is 37.2 Å². The maximum absolute atomic E-state index is 5.51. The summed E-state index contributed by atoms with van der Waals surface area (Å²) in [5.74, 6) is 1.66. The Balaban J connectivity index is 1.91. The normalized spacial score (nSPS) is 19.2. The summed E-state index contributed by atoms with van der Waals surface area (Å²) in [7, 11) is 4.02. The Morgan fingerprint density at radius 3 is 2.86 bits per heavy atom. The molecule has 1 aromatic carbocycles. The van der Waals surface area contributed by atoms with Crippen molar-refractivity contribution in [3.63, 3.8) is 0 Å². The third kappa shape index (κ3) is 3.24. The first-order valence-corrected chi connectivity index (χ1v) is 7.52. The van der Waals surface area contributed by atoms with Gasteiger partial charge in [0.1, 0.15) is 5.82 Å². The smallest absolute Gasteiger partial charge is 0.225 e. The number of hydrogen-bond acceptors (Lipinski definition) is 5. The molecule has 1 unspecified atom stereocenters. The van der Waals surface area contributed by atoms with Gasteiger partial charge in [-0.2, -0.15) is 4.98 Å². The number of anilines is 2. The second-order valence-electron chi connectivity index (χ2n) is 5.67. The predicted octanol–water partition coefficient (Wildman–Crippen LogP) is 2.68. The van der Waals surface area contributed by atoms with Crippen molar-refractivity contribution in [1.29, 1.82) is 0 Å². The minimum Gasteiger partial charge on any atom is -0.381 e. The van der Waals surface area contributed by atoms with Crippen molar-refractivity contribution in [2.45, 2.75) is 25.3 Å². The molecule has 0 radical (unpaired) electrons. The first-order valence-electron chi connectivity index (χ1n) is 7.52. The average Bonchev–Trinajstić information content (AvgIpc) is 2.75. The second kappa shape index (κ2) is 6.26. The molecule has 1 aliphatic rings. The summed E-state index contributed by atoms with van der Waals surface area (Å²) in [5.41, 5.74) is 0.976. The van der Waals surface area contributed by atoms with Crippen molar-refractivity contribution >= 4 is 22.7 Å². The lowest BCUT2D eigenvalue weighted by Crippen LogP contribution is -2.22. The zero-order valence-electron chi connectivity index (χ0n) is 12.7. The zero-order valence-corrected chi connectivity index (χ0v) is 12.7. The maximum atomic E-state index is 5.51. The molecular formula is C16H22N4O. The molecule has 1 N–H and O–H groups in total. The first kappa shape index (κ1) is 14.1. The van der Waals surface area contributed by atoms with Crippen LogP contribution < -0.4 is 10.2 Å². The number of hydrogen-bond donors (Lipinski definition) is 1. The third-order valence-electron chi connectivity index (χ3n) is 3.79. The van der Waals surface area contributed by atoms with Gasteiger partial charge >= 0.3 is 0 Å². The molecule has 0 bridgehead atoms. The van der Waals surface area contributed by atoms with Crippen molar-refractivity contribution in [1.82, 2.24) is 9.97 Å². The standard InChI is InChI=1S/C16H22N4O/c1-20(2)15-13-7-3-4-8-14(13)18-16(19-15)17-12-6-5-10-21-11-9-12/h3-4,7-8,12H,5-6,9-11H2,1-2H3,(H,17,18,19). The molecule has 3 rings (SSSR count). The van der Waals surface area contributed by atoms with Crippen LogP contribution >= 0.6 is 0 Å². The summed E-state index contributed by atoms with van der Waals surface area (Å²) in [6, 6.07) is 8.52. The van der Waals surface area contributed by atoms with Gasteiger partial charge in [-0.3, -0.25) is 0 Å². The van der Waals surface area contributed by atoms with Gasteiger partial charge in [-0.15, -0.1) is 0 Å². The summed E-state index contributed by atoms with van der Waals surface area (Å²) in [4.78, 5) is 11.4. The highest BCUT2D eigenvalue weighted by Crippen LogP contribution is 2.24. The molecule has 1 fully saturated rings. The van der Waals surface area contributed by atoms with E-state index in [2.05, 4.69) is 21.4 Å². The fourth-order valence-corrected chi connectivity index (χ4v) is 2.70. The number of ether oxygens (including phenoxy) is 1. The molecular weight excluding hydrogens is 264 g/mol. The number of rotatable bonds is 3. The van der Waals surface area contributed by atoms with Gasteiger partial charge in [0.15, 0.2) is 0 Å². The van der Waals surface area contributed by atoms with Crippen LogP contribution in [-0.2, 0) is 4.74 Å². The van der Waals surface area contributed by atoms with Crippen LogP contribution in [0.25, 0.3) is 10.9 Å². The molecule has 0 saturated carbocycles. The lowest BCUT2D eigenvalue weighted by atomic mass is 10.1. The Morgan fingerprint density at radius 1 is 1.14 bits per heavy atom. The van der Waals surface area contributed by atoms with E-state index in [4.69, 9.17) is 4.74 Å². The highest BCUT2D eigenvalue weighted by atomic mass is 16.5. The summed E-state index contributed by atoms with van der Waals surface area (Å²) in [5, 5.41) is 4.56. The number of fused-ring (bicyclic) bond motifs is 1. The van der Waals surface area contributed by atoms with Gasteiger partial charge in [-0.05, 0) is 31.4 Å². The van der Waals surface area contributed by atoms with E-state index in [0.29, 0.717) is 12.0 Å². The van der Waals surface area contributed by atoms with E-state index in [-0.39, 0.29) is 0 Å². The van der Waals surface area contributed by atoms with Crippen molar-refractivity contribution in [3.05, 3.63) is 24.3 Å².